The van der Waals surface area contributed by atoms with Crippen molar-refractivity contribution in [2.45, 2.75) is 26.2 Å². The number of aromatic nitrogens is 1. The first-order chi connectivity index (χ1) is 10.6. The van der Waals surface area contributed by atoms with E-state index in [1.165, 1.54) is 0 Å². The molecule has 0 aliphatic carbocycles. The van der Waals surface area contributed by atoms with E-state index in [9.17, 15) is 4.79 Å². The summed E-state index contributed by atoms with van der Waals surface area (Å²) in [6, 6.07) is 5.21. The molecule has 0 saturated heterocycles. The Morgan fingerprint density at radius 2 is 2.32 bits per heavy atom. The number of benzene rings is 1. The number of ether oxygens (including phenoxy) is 1. The number of ketones is 1. The first-order valence-electron chi connectivity index (χ1n) is 6.90. The molecule has 0 aliphatic rings. The van der Waals surface area contributed by atoms with Gasteiger partial charge in [0, 0.05) is 29.1 Å². The molecule has 2 aromatic rings. The molecule has 3 nitrogen and oxygen atoms in total. The van der Waals surface area contributed by atoms with Crippen LogP contribution in [0.1, 0.15) is 28.3 Å². The normalized spacial score (nSPS) is 10.2. The van der Waals surface area contributed by atoms with Crippen molar-refractivity contribution in [2.75, 3.05) is 6.61 Å². The summed E-state index contributed by atoms with van der Waals surface area (Å²) in [5, 5.41) is 1.37. The van der Waals surface area contributed by atoms with E-state index in [1.54, 1.807) is 35.7 Å². The van der Waals surface area contributed by atoms with E-state index >= 15 is 0 Å². The molecular weight excluding hydrogens is 318 g/mol. The van der Waals surface area contributed by atoms with Crippen LogP contribution in [0.4, 0.5) is 0 Å². The molecule has 1 heterocycles. The maximum Gasteiger partial charge on any atom is 0.139 e. The molecule has 0 aliphatic heterocycles. The zero-order chi connectivity index (χ0) is 15.9. The van der Waals surface area contributed by atoms with Crippen LogP contribution in [0.3, 0.4) is 0 Å². The molecule has 114 valence electrons. The number of thiazole rings is 1. The number of carbonyl (C=O) groups is 1. The molecule has 1 aromatic carbocycles. The Balaban J connectivity index is 1.72. The summed E-state index contributed by atoms with van der Waals surface area (Å²) in [7, 11) is 0. The molecule has 0 saturated carbocycles. The van der Waals surface area contributed by atoms with Gasteiger partial charge < -0.3 is 4.74 Å². The lowest BCUT2D eigenvalue weighted by Crippen LogP contribution is -2.06. The number of nitrogens with zero attached hydrogens (tertiary/aromatic N) is 1. The number of terminal acetylenes is 1. The number of aryl methyl sites for hydroxylation is 1. The molecule has 0 atom stereocenters. The summed E-state index contributed by atoms with van der Waals surface area (Å²) in [6.45, 7) is 2.45. The van der Waals surface area contributed by atoms with E-state index in [2.05, 4.69) is 10.9 Å². The van der Waals surface area contributed by atoms with Crippen LogP contribution in [-0.2, 0) is 11.2 Å². The van der Waals surface area contributed by atoms with Crippen LogP contribution in [0.25, 0.3) is 0 Å². The summed E-state index contributed by atoms with van der Waals surface area (Å²) in [5.41, 5.74) is 0.642. The van der Waals surface area contributed by atoms with E-state index in [0.29, 0.717) is 42.2 Å². The third-order valence-corrected chi connectivity index (χ3v) is 4.21. The smallest absolute Gasteiger partial charge is 0.139 e. The highest BCUT2D eigenvalue weighted by molar-refractivity contribution is 7.11. The predicted molar refractivity (Wildman–Crippen MR) is 89.7 cm³/mol. The molecule has 0 fully saturated rings. The summed E-state index contributed by atoms with van der Waals surface area (Å²) in [5.74, 6) is 3.33. The van der Waals surface area contributed by atoms with Crippen molar-refractivity contribution in [1.29, 1.82) is 0 Å². The van der Waals surface area contributed by atoms with E-state index in [1.807, 2.05) is 6.92 Å². The van der Waals surface area contributed by atoms with E-state index in [4.69, 9.17) is 22.8 Å². The minimum absolute atomic E-state index is 0.179. The fourth-order valence-electron chi connectivity index (χ4n) is 1.90. The zero-order valence-electron chi connectivity index (χ0n) is 12.3. The van der Waals surface area contributed by atoms with Gasteiger partial charge in [-0.3, -0.25) is 4.79 Å². The Kier molecular flexibility index (Phi) is 6.00. The van der Waals surface area contributed by atoms with Gasteiger partial charge in [0.05, 0.1) is 18.1 Å². The summed E-state index contributed by atoms with van der Waals surface area (Å²) >= 11 is 7.57. The van der Waals surface area contributed by atoms with Gasteiger partial charge in [0.25, 0.3) is 0 Å². The van der Waals surface area contributed by atoms with Crippen LogP contribution in [-0.4, -0.2) is 17.4 Å². The van der Waals surface area contributed by atoms with Gasteiger partial charge in [-0.15, -0.1) is 17.8 Å². The molecule has 2 rings (SSSR count). The van der Waals surface area contributed by atoms with Crippen LogP contribution in [0.15, 0.2) is 24.4 Å². The Morgan fingerprint density at radius 1 is 1.50 bits per heavy atom. The molecule has 0 radical (unpaired) electrons. The molecule has 0 N–H and O–H groups in total. The predicted octanol–water partition coefficient (Wildman–Crippen LogP) is 4.06. The second-order valence-corrected chi connectivity index (χ2v) is 6.54. The molecule has 0 unspecified atom stereocenters. The first-order valence-corrected chi connectivity index (χ1v) is 8.10. The van der Waals surface area contributed by atoms with E-state index in [-0.39, 0.29) is 5.78 Å². The monoisotopic (exact) mass is 333 g/mol. The number of rotatable bonds is 7. The second kappa shape index (κ2) is 7.98. The van der Waals surface area contributed by atoms with E-state index < -0.39 is 0 Å². The van der Waals surface area contributed by atoms with Crippen molar-refractivity contribution >= 4 is 28.7 Å². The molecule has 0 spiro atoms. The van der Waals surface area contributed by atoms with E-state index in [0.717, 1.165) is 9.88 Å². The van der Waals surface area contributed by atoms with Crippen molar-refractivity contribution in [2.24, 2.45) is 0 Å². The quantitative estimate of drug-likeness (QED) is 0.566. The Morgan fingerprint density at radius 3 is 2.95 bits per heavy atom. The Bertz CT molecular complexity index is 703. The summed E-state index contributed by atoms with van der Waals surface area (Å²) in [4.78, 5) is 17.2. The van der Waals surface area contributed by atoms with Crippen LogP contribution in [0.2, 0.25) is 5.02 Å². The largest absolute Gasteiger partial charge is 0.494 e. The standard InChI is InChI=1S/C17H16ClNO2S/c1-3-13-6-7-15(10-16(13)18)21-8-4-5-14(20)9-17-19-11-12(2)22-17/h1,6-7,10-11H,4-5,8-9H2,2H3. The van der Waals surface area contributed by atoms with Gasteiger partial charge in [-0.2, -0.15) is 0 Å². The van der Waals surface area contributed by atoms with Gasteiger partial charge in [-0.1, -0.05) is 17.5 Å². The highest BCUT2D eigenvalue weighted by Gasteiger charge is 2.07. The molecule has 22 heavy (non-hydrogen) atoms. The number of hydrogen-bond donors (Lipinski definition) is 0. The van der Waals surface area contributed by atoms with Crippen molar-refractivity contribution < 1.29 is 9.53 Å². The molecule has 0 bridgehead atoms. The highest BCUT2D eigenvalue weighted by atomic mass is 35.5. The fraction of sp³-hybridized carbons (Fsp3) is 0.294. The van der Waals surface area contributed by atoms with Gasteiger partial charge in [0.1, 0.15) is 16.5 Å². The fourth-order valence-corrected chi connectivity index (χ4v) is 2.94. The first kappa shape index (κ1) is 16.5. The molecule has 5 heteroatoms. The lowest BCUT2D eigenvalue weighted by atomic mass is 10.2. The summed E-state index contributed by atoms with van der Waals surface area (Å²) in [6.07, 6.45) is 8.64. The lowest BCUT2D eigenvalue weighted by Gasteiger charge is -2.06. The van der Waals surface area contributed by atoms with Crippen LogP contribution >= 0.6 is 22.9 Å². The van der Waals surface area contributed by atoms with Crippen molar-refractivity contribution in [3.8, 4) is 18.1 Å². The second-order valence-electron chi connectivity index (χ2n) is 4.82. The SMILES string of the molecule is C#Cc1ccc(OCCCC(=O)Cc2ncc(C)s2)cc1Cl. The number of Topliss-reactive ketones (excluding diaryl/α,β-unsaturated/α-hetero) is 1. The number of halogens is 1. The number of carbonyl (C=O) groups excluding carboxylic acids is 1. The Labute approximate surface area is 139 Å². The molecule has 0 amide bonds. The zero-order valence-corrected chi connectivity index (χ0v) is 13.8. The third-order valence-electron chi connectivity index (χ3n) is 2.98. The van der Waals surface area contributed by atoms with Gasteiger partial charge >= 0.3 is 0 Å². The van der Waals surface area contributed by atoms with Gasteiger partial charge in [0.15, 0.2) is 0 Å². The third kappa shape index (κ3) is 4.87. The van der Waals surface area contributed by atoms with Gasteiger partial charge in [-0.05, 0) is 25.5 Å². The van der Waals surface area contributed by atoms with Crippen molar-refractivity contribution in [3.05, 3.63) is 44.9 Å². The summed E-state index contributed by atoms with van der Waals surface area (Å²) < 4.78 is 5.57. The van der Waals surface area contributed by atoms with Gasteiger partial charge in [0.2, 0.25) is 0 Å². The topological polar surface area (TPSA) is 39.2 Å². The lowest BCUT2D eigenvalue weighted by molar-refractivity contribution is -0.118. The maximum atomic E-state index is 11.8. The maximum absolute atomic E-state index is 11.8. The van der Waals surface area contributed by atoms with Crippen LogP contribution < -0.4 is 4.74 Å². The average Bonchev–Trinajstić information content (AvgIpc) is 2.89. The minimum atomic E-state index is 0.179. The average molecular weight is 334 g/mol. The van der Waals surface area contributed by atoms with Crippen molar-refractivity contribution in [1.82, 2.24) is 4.98 Å². The molecular formula is C17H16ClNO2S. The molecule has 1 aromatic heterocycles. The number of hydrogen-bond acceptors (Lipinski definition) is 4. The Hall–Kier alpha value is -1.83. The van der Waals surface area contributed by atoms with Crippen molar-refractivity contribution in [3.63, 3.8) is 0 Å². The minimum Gasteiger partial charge on any atom is -0.494 e. The van der Waals surface area contributed by atoms with Crippen LogP contribution in [0, 0.1) is 19.3 Å². The highest BCUT2D eigenvalue weighted by Crippen LogP contribution is 2.22. The van der Waals surface area contributed by atoms with Gasteiger partial charge in [-0.25, -0.2) is 4.98 Å². The van der Waals surface area contributed by atoms with Crippen LogP contribution in [0.5, 0.6) is 5.75 Å².